The highest BCUT2D eigenvalue weighted by Crippen LogP contribution is 2.34. The Morgan fingerprint density at radius 3 is 2.33 bits per heavy atom. The minimum absolute atomic E-state index is 0.147. The number of halogens is 1. The molecule has 1 fully saturated rings. The first-order valence-electron chi connectivity index (χ1n) is 9.89. The van der Waals surface area contributed by atoms with Gasteiger partial charge in [0, 0.05) is 25.2 Å². The number of anilines is 1. The van der Waals surface area contributed by atoms with E-state index in [1.165, 1.54) is 31.2 Å². The highest BCUT2D eigenvalue weighted by molar-refractivity contribution is 7.92. The lowest BCUT2D eigenvalue weighted by molar-refractivity contribution is -0.122. The van der Waals surface area contributed by atoms with Crippen molar-refractivity contribution < 1.29 is 22.3 Å². The Morgan fingerprint density at radius 2 is 1.73 bits per heavy atom. The van der Waals surface area contributed by atoms with E-state index in [1.54, 1.807) is 0 Å². The van der Waals surface area contributed by atoms with Crippen LogP contribution in [0.2, 0.25) is 0 Å². The maximum atomic E-state index is 14.3. The molecule has 1 aliphatic rings. The van der Waals surface area contributed by atoms with Crippen LogP contribution in [0.1, 0.15) is 25.3 Å². The van der Waals surface area contributed by atoms with E-state index in [-0.39, 0.29) is 11.1 Å². The normalized spacial score (nSPS) is 17.2. The Labute approximate surface area is 177 Å². The van der Waals surface area contributed by atoms with Crippen molar-refractivity contribution in [1.82, 2.24) is 5.32 Å². The van der Waals surface area contributed by atoms with E-state index in [0.717, 1.165) is 29.0 Å². The van der Waals surface area contributed by atoms with Gasteiger partial charge in [-0.3, -0.25) is 9.10 Å². The lowest BCUT2D eigenvalue weighted by Gasteiger charge is -2.38. The van der Waals surface area contributed by atoms with Crippen molar-refractivity contribution in [2.45, 2.75) is 31.2 Å². The SMILES string of the molecule is C[C@H](C(=O)NCC1(c2ccccc2)CCOCC1)N(c1ccccc1F)S(C)(=O)=O. The number of amides is 1. The molecule has 1 aliphatic heterocycles. The van der Waals surface area contributed by atoms with Gasteiger partial charge in [0.2, 0.25) is 15.9 Å². The number of nitrogens with zero attached hydrogens (tertiary/aromatic N) is 1. The zero-order valence-electron chi connectivity index (χ0n) is 17.2. The highest BCUT2D eigenvalue weighted by atomic mass is 32.2. The van der Waals surface area contributed by atoms with E-state index < -0.39 is 27.8 Å². The standard InChI is InChI=1S/C22H27FN2O4S/c1-17(25(30(2,27)28)20-11-7-6-10-19(20)23)21(26)24-16-22(12-14-29-15-13-22)18-8-4-3-5-9-18/h3-11,17H,12-16H2,1-2H3,(H,24,26)/t17-/m1/s1. The molecule has 1 N–H and O–H groups in total. The van der Waals surface area contributed by atoms with Crippen molar-refractivity contribution in [3.63, 3.8) is 0 Å². The van der Waals surface area contributed by atoms with Crippen molar-refractivity contribution in [3.8, 4) is 0 Å². The van der Waals surface area contributed by atoms with Crippen LogP contribution in [0.15, 0.2) is 54.6 Å². The predicted molar refractivity (Wildman–Crippen MR) is 114 cm³/mol. The fraction of sp³-hybridized carbons (Fsp3) is 0.409. The van der Waals surface area contributed by atoms with Gasteiger partial charge in [-0.2, -0.15) is 0 Å². The second-order valence-corrected chi connectivity index (χ2v) is 9.52. The van der Waals surface area contributed by atoms with Gasteiger partial charge >= 0.3 is 0 Å². The topological polar surface area (TPSA) is 75.7 Å². The molecule has 30 heavy (non-hydrogen) atoms. The third kappa shape index (κ3) is 4.82. The molecule has 3 rings (SSSR count). The van der Waals surface area contributed by atoms with E-state index in [0.29, 0.717) is 19.8 Å². The summed E-state index contributed by atoms with van der Waals surface area (Å²) in [4.78, 5) is 13.0. The van der Waals surface area contributed by atoms with Crippen LogP contribution < -0.4 is 9.62 Å². The summed E-state index contributed by atoms with van der Waals surface area (Å²) in [7, 11) is -3.88. The van der Waals surface area contributed by atoms with Crippen molar-refractivity contribution >= 4 is 21.6 Å². The largest absolute Gasteiger partial charge is 0.381 e. The molecule has 0 aromatic heterocycles. The van der Waals surface area contributed by atoms with Crippen LogP contribution in [-0.4, -0.2) is 46.4 Å². The van der Waals surface area contributed by atoms with Gasteiger partial charge < -0.3 is 10.1 Å². The lowest BCUT2D eigenvalue weighted by Crippen LogP contribution is -2.52. The molecule has 0 unspecified atom stereocenters. The van der Waals surface area contributed by atoms with E-state index in [4.69, 9.17) is 4.74 Å². The number of sulfonamides is 1. The molecule has 162 valence electrons. The van der Waals surface area contributed by atoms with Crippen LogP contribution in [0.4, 0.5) is 10.1 Å². The fourth-order valence-corrected chi connectivity index (χ4v) is 5.11. The zero-order valence-corrected chi connectivity index (χ0v) is 18.0. The average molecular weight is 435 g/mol. The fourth-order valence-electron chi connectivity index (χ4n) is 3.94. The van der Waals surface area contributed by atoms with E-state index in [9.17, 15) is 17.6 Å². The van der Waals surface area contributed by atoms with E-state index in [1.807, 2.05) is 30.3 Å². The first-order chi connectivity index (χ1) is 14.2. The van der Waals surface area contributed by atoms with E-state index >= 15 is 0 Å². The smallest absolute Gasteiger partial charge is 0.243 e. The molecular weight excluding hydrogens is 407 g/mol. The second-order valence-electron chi connectivity index (χ2n) is 7.66. The summed E-state index contributed by atoms with van der Waals surface area (Å²) >= 11 is 0. The second kappa shape index (κ2) is 9.14. The number of carbonyl (C=O) groups is 1. The molecule has 1 heterocycles. The number of benzene rings is 2. The van der Waals surface area contributed by atoms with Gasteiger partial charge in [-0.25, -0.2) is 12.8 Å². The maximum absolute atomic E-state index is 14.3. The molecule has 1 amide bonds. The molecule has 0 aliphatic carbocycles. The van der Waals surface area contributed by atoms with Crippen LogP contribution in [-0.2, 0) is 25.0 Å². The van der Waals surface area contributed by atoms with Crippen LogP contribution in [0.3, 0.4) is 0 Å². The number of para-hydroxylation sites is 1. The quantitative estimate of drug-likeness (QED) is 0.727. The minimum atomic E-state index is -3.88. The number of hydrogen-bond donors (Lipinski definition) is 1. The molecule has 2 aromatic rings. The van der Waals surface area contributed by atoms with Gasteiger partial charge in [0.05, 0.1) is 11.9 Å². The Kier molecular flexibility index (Phi) is 6.77. The highest BCUT2D eigenvalue weighted by Gasteiger charge is 2.36. The van der Waals surface area contributed by atoms with Crippen LogP contribution in [0.25, 0.3) is 0 Å². The van der Waals surface area contributed by atoms with Crippen LogP contribution >= 0.6 is 0 Å². The number of rotatable bonds is 7. The molecule has 8 heteroatoms. The third-order valence-corrected chi connectivity index (χ3v) is 6.84. The molecular formula is C22H27FN2O4S. The summed E-state index contributed by atoms with van der Waals surface area (Å²) in [6, 6.07) is 14.3. The summed E-state index contributed by atoms with van der Waals surface area (Å²) in [5.41, 5.74) is 0.671. The van der Waals surface area contributed by atoms with Crippen molar-refractivity contribution in [2.24, 2.45) is 0 Å². The Hall–Kier alpha value is -2.45. The van der Waals surface area contributed by atoms with Crippen molar-refractivity contribution in [2.75, 3.05) is 30.3 Å². The maximum Gasteiger partial charge on any atom is 0.243 e. The average Bonchev–Trinajstić information content (AvgIpc) is 2.74. The molecule has 0 bridgehead atoms. The number of nitrogens with one attached hydrogen (secondary N) is 1. The van der Waals surface area contributed by atoms with Crippen molar-refractivity contribution in [3.05, 3.63) is 66.0 Å². The van der Waals surface area contributed by atoms with Crippen molar-refractivity contribution in [1.29, 1.82) is 0 Å². The van der Waals surface area contributed by atoms with E-state index in [2.05, 4.69) is 5.32 Å². The molecule has 6 nitrogen and oxygen atoms in total. The van der Waals surface area contributed by atoms with Gasteiger partial charge in [-0.05, 0) is 37.5 Å². The van der Waals surface area contributed by atoms with Gasteiger partial charge in [-0.1, -0.05) is 42.5 Å². The minimum Gasteiger partial charge on any atom is -0.381 e. The van der Waals surface area contributed by atoms with Crippen LogP contribution in [0, 0.1) is 5.82 Å². The molecule has 0 spiro atoms. The first kappa shape index (κ1) is 22.2. The Balaban J connectivity index is 1.82. The monoisotopic (exact) mass is 434 g/mol. The van der Waals surface area contributed by atoms with Crippen LogP contribution in [0.5, 0.6) is 0 Å². The van der Waals surface area contributed by atoms with Gasteiger partial charge in [0.15, 0.2) is 0 Å². The van der Waals surface area contributed by atoms with Gasteiger partial charge in [0.1, 0.15) is 11.9 Å². The Bertz CT molecular complexity index is 976. The summed E-state index contributed by atoms with van der Waals surface area (Å²) in [5, 5.41) is 2.91. The summed E-state index contributed by atoms with van der Waals surface area (Å²) in [6.45, 7) is 2.98. The third-order valence-electron chi connectivity index (χ3n) is 5.62. The summed E-state index contributed by atoms with van der Waals surface area (Å²) in [6.07, 6.45) is 2.46. The molecule has 0 saturated carbocycles. The molecule has 0 radical (unpaired) electrons. The predicted octanol–water partition coefficient (Wildman–Crippen LogP) is 2.84. The Morgan fingerprint density at radius 1 is 1.13 bits per heavy atom. The summed E-state index contributed by atoms with van der Waals surface area (Å²) < 4.78 is 45.4. The van der Waals surface area contributed by atoms with Gasteiger partial charge in [-0.15, -0.1) is 0 Å². The number of ether oxygens (including phenoxy) is 1. The number of hydrogen-bond acceptors (Lipinski definition) is 4. The zero-order chi connectivity index (χ0) is 21.8. The molecule has 1 saturated heterocycles. The lowest BCUT2D eigenvalue weighted by atomic mass is 9.74. The van der Waals surface area contributed by atoms with Gasteiger partial charge in [0.25, 0.3) is 0 Å². The number of carbonyl (C=O) groups excluding carboxylic acids is 1. The summed E-state index contributed by atoms with van der Waals surface area (Å²) in [5.74, 6) is -1.18. The molecule has 2 aromatic carbocycles. The molecule has 1 atom stereocenters. The first-order valence-corrected chi connectivity index (χ1v) is 11.7.